The fraction of sp³-hybridized carbons (Fsp3) is 0.238. The molecule has 1 fully saturated rings. The predicted octanol–water partition coefficient (Wildman–Crippen LogP) is 2.74. The zero-order valence-electron chi connectivity index (χ0n) is 15.8. The van der Waals surface area contributed by atoms with Gasteiger partial charge in [-0.15, -0.1) is 10.2 Å². The molecule has 0 aliphatic carbocycles. The van der Waals surface area contributed by atoms with Crippen molar-refractivity contribution in [3.05, 3.63) is 60.3 Å². The molecule has 1 aromatic carbocycles. The second kappa shape index (κ2) is 7.53. The molecule has 1 saturated heterocycles. The number of para-hydroxylation sites is 1. The summed E-state index contributed by atoms with van der Waals surface area (Å²) in [4.78, 5) is 8.67. The Kier molecular flexibility index (Phi) is 4.77. The maximum absolute atomic E-state index is 8.89. The summed E-state index contributed by atoms with van der Waals surface area (Å²) in [5.41, 5.74) is 2.28. The molecule has 0 atom stereocenters. The second-order valence-corrected chi connectivity index (χ2v) is 6.66. The van der Waals surface area contributed by atoms with Crippen LogP contribution in [-0.4, -0.2) is 48.5 Å². The Balaban J connectivity index is 1.41. The van der Waals surface area contributed by atoms with Gasteiger partial charge in [-0.25, -0.2) is 4.98 Å². The van der Waals surface area contributed by atoms with Crippen LogP contribution in [0.4, 0.5) is 11.6 Å². The molecule has 1 aliphatic rings. The molecule has 7 heteroatoms. The Labute approximate surface area is 163 Å². The van der Waals surface area contributed by atoms with Crippen molar-refractivity contribution < 1.29 is 4.74 Å². The number of aromatic nitrogens is 3. The highest BCUT2D eigenvalue weighted by Crippen LogP contribution is 2.29. The molecular weight excluding hydrogens is 352 g/mol. The van der Waals surface area contributed by atoms with Crippen LogP contribution < -0.4 is 14.5 Å². The van der Waals surface area contributed by atoms with Gasteiger partial charge < -0.3 is 14.5 Å². The molecule has 28 heavy (non-hydrogen) atoms. The fourth-order valence-corrected chi connectivity index (χ4v) is 3.23. The standard InChI is InChI=1S/C21H20N6O/c1-26(20-9-7-15(11-22)12-23-20)16-13-27(14-16)21-10-8-18(24-25-21)17-5-3-4-6-19(17)28-2/h3-10,12,16H,13-14H2,1-2H3. The van der Waals surface area contributed by atoms with Gasteiger partial charge in [0.1, 0.15) is 17.6 Å². The van der Waals surface area contributed by atoms with Crippen molar-refractivity contribution in [3.63, 3.8) is 0 Å². The first-order chi connectivity index (χ1) is 13.7. The number of likely N-dealkylation sites (N-methyl/N-ethyl adjacent to an activating group) is 1. The molecule has 0 amide bonds. The number of anilines is 2. The molecule has 3 heterocycles. The summed E-state index contributed by atoms with van der Waals surface area (Å²) in [6, 6.07) is 17.8. The van der Waals surface area contributed by atoms with E-state index in [4.69, 9.17) is 10.00 Å². The van der Waals surface area contributed by atoms with Gasteiger partial charge in [-0.1, -0.05) is 12.1 Å². The van der Waals surface area contributed by atoms with Gasteiger partial charge in [-0.3, -0.25) is 0 Å². The van der Waals surface area contributed by atoms with Crippen molar-refractivity contribution in [2.45, 2.75) is 6.04 Å². The largest absolute Gasteiger partial charge is 0.496 e. The minimum absolute atomic E-state index is 0.344. The van der Waals surface area contributed by atoms with E-state index in [-0.39, 0.29) is 0 Å². The fourth-order valence-electron chi connectivity index (χ4n) is 3.23. The molecule has 0 N–H and O–H groups in total. The van der Waals surface area contributed by atoms with E-state index >= 15 is 0 Å². The molecule has 4 rings (SSSR count). The minimum Gasteiger partial charge on any atom is -0.496 e. The molecule has 3 aromatic rings. The van der Waals surface area contributed by atoms with E-state index in [0.29, 0.717) is 11.6 Å². The van der Waals surface area contributed by atoms with Crippen LogP contribution in [0.1, 0.15) is 5.56 Å². The third-order valence-corrected chi connectivity index (χ3v) is 5.01. The van der Waals surface area contributed by atoms with E-state index in [2.05, 4.69) is 31.1 Å². The van der Waals surface area contributed by atoms with Gasteiger partial charge in [0.05, 0.1) is 24.4 Å². The Morgan fingerprint density at radius 3 is 2.57 bits per heavy atom. The quantitative estimate of drug-likeness (QED) is 0.681. The molecular formula is C21H20N6O. The van der Waals surface area contributed by atoms with Gasteiger partial charge >= 0.3 is 0 Å². The van der Waals surface area contributed by atoms with Gasteiger partial charge in [0.2, 0.25) is 0 Å². The number of nitriles is 1. The van der Waals surface area contributed by atoms with Crippen LogP contribution in [0.2, 0.25) is 0 Å². The van der Waals surface area contributed by atoms with Crippen molar-refractivity contribution in [1.29, 1.82) is 5.26 Å². The summed E-state index contributed by atoms with van der Waals surface area (Å²) < 4.78 is 5.40. The molecule has 2 aromatic heterocycles. The van der Waals surface area contributed by atoms with Gasteiger partial charge in [0, 0.05) is 31.9 Å². The summed E-state index contributed by atoms with van der Waals surface area (Å²) in [5, 5.41) is 17.7. The molecule has 0 saturated carbocycles. The lowest BCUT2D eigenvalue weighted by molar-refractivity contribution is 0.416. The molecule has 7 nitrogen and oxygen atoms in total. The van der Waals surface area contributed by atoms with Crippen LogP contribution in [0.25, 0.3) is 11.3 Å². The first kappa shape index (κ1) is 17.7. The maximum atomic E-state index is 8.89. The minimum atomic E-state index is 0.344. The molecule has 1 aliphatic heterocycles. The average molecular weight is 372 g/mol. The molecule has 0 spiro atoms. The molecule has 140 valence electrons. The van der Waals surface area contributed by atoms with Crippen molar-refractivity contribution in [1.82, 2.24) is 15.2 Å². The van der Waals surface area contributed by atoms with Crippen LogP contribution in [0.15, 0.2) is 54.7 Å². The highest BCUT2D eigenvalue weighted by atomic mass is 16.5. The normalized spacial score (nSPS) is 13.5. The number of benzene rings is 1. The Hall–Kier alpha value is -3.66. The van der Waals surface area contributed by atoms with Gasteiger partial charge in [-0.2, -0.15) is 5.26 Å². The highest BCUT2D eigenvalue weighted by molar-refractivity contribution is 5.67. The van der Waals surface area contributed by atoms with Crippen molar-refractivity contribution >= 4 is 11.6 Å². The first-order valence-electron chi connectivity index (χ1n) is 9.00. The smallest absolute Gasteiger partial charge is 0.151 e. The third kappa shape index (κ3) is 3.32. The van der Waals surface area contributed by atoms with Crippen LogP contribution in [-0.2, 0) is 0 Å². The molecule has 0 radical (unpaired) electrons. The number of rotatable bonds is 5. The van der Waals surface area contributed by atoms with E-state index in [1.807, 2.05) is 49.5 Å². The van der Waals surface area contributed by atoms with Crippen molar-refractivity contribution in [2.24, 2.45) is 0 Å². The van der Waals surface area contributed by atoms with E-state index < -0.39 is 0 Å². The summed E-state index contributed by atoms with van der Waals surface area (Å²) in [6.07, 6.45) is 1.60. The van der Waals surface area contributed by atoms with Crippen LogP contribution in [0.5, 0.6) is 5.75 Å². The highest BCUT2D eigenvalue weighted by Gasteiger charge is 2.31. The number of pyridine rings is 1. The van der Waals surface area contributed by atoms with E-state index in [1.165, 1.54) is 0 Å². The maximum Gasteiger partial charge on any atom is 0.151 e. The summed E-state index contributed by atoms with van der Waals surface area (Å²) >= 11 is 0. The summed E-state index contributed by atoms with van der Waals surface area (Å²) in [7, 11) is 3.67. The zero-order chi connectivity index (χ0) is 19.5. The lowest BCUT2D eigenvalue weighted by Crippen LogP contribution is -2.59. The lowest BCUT2D eigenvalue weighted by Gasteiger charge is -2.44. The van der Waals surface area contributed by atoms with E-state index in [9.17, 15) is 0 Å². The van der Waals surface area contributed by atoms with Crippen molar-refractivity contribution in [2.75, 3.05) is 37.0 Å². The number of ether oxygens (including phenoxy) is 1. The Morgan fingerprint density at radius 1 is 1.11 bits per heavy atom. The Bertz CT molecular complexity index is 991. The van der Waals surface area contributed by atoms with Crippen molar-refractivity contribution in [3.8, 4) is 23.1 Å². The molecule has 0 bridgehead atoms. The van der Waals surface area contributed by atoms with Gasteiger partial charge in [0.15, 0.2) is 5.82 Å². The second-order valence-electron chi connectivity index (χ2n) is 6.66. The van der Waals surface area contributed by atoms with Crippen LogP contribution >= 0.6 is 0 Å². The van der Waals surface area contributed by atoms with E-state index in [0.717, 1.165) is 41.7 Å². The number of nitrogens with zero attached hydrogens (tertiary/aromatic N) is 6. The first-order valence-corrected chi connectivity index (χ1v) is 9.00. The zero-order valence-corrected chi connectivity index (χ0v) is 15.8. The van der Waals surface area contributed by atoms with Gasteiger partial charge in [0.25, 0.3) is 0 Å². The Morgan fingerprint density at radius 2 is 1.93 bits per heavy atom. The lowest BCUT2D eigenvalue weighted by atomic mass is 10.1. The third-order valence-electron chi connectivity index (χ3n) is 5.01. The topological polar surface area (TPSA) is 78.2 Å². The van der Waals surface area contributed by atoms with Crippen LogP contribution in [0, 0.1) is 11.3 Å². The molecule has 0 unspecified atom stereocenters. The average Bonchev–Trinajstić information content (AvgIpc) is 2.73. The predicted molar refractivity (Wildman–Crippen MR) is 107 cm³/mol. The SMILES string of the molecule is COc1ccccc1-c1ccc(N2CC(N(C)c3ccc(C#N)cn3)C2)nn1. The number of hydrogen-bond acceptors (Lipinski definition) is 7. The van der Waals surface area contributed by atoms with Crippen LogP contribution in [0.3, 0.4) is 0 Å². The van der Waals surface area contributed by atoms with Gasteiger partial charge in [-0.05, 0) is 36.4 Å². The number of hydrogen-bond donors (Lipinski definition) is 0. The monoisotopic (exact) mass is 372 g/mol. The van der Waals surface area contributed by atoms with E-state index in [1.54, 1.807) is 19.4 Å². The number of methoxy groups -OCH3 is 1. The summed E-state index contributed by atoms with van der Waals surface area (Å²) in [5.74, 6) is 2.50. The summed E-state index contributed by atoms with van der Waals surface area (Å²) in [6.45, 7) is 1.70.